The molecule has 1 aromatic heterocycles. The van der Waals surface area contributed by atoms with Crippen molar-refractivity contribution in [1.82, 2.24) is 4.98 Å². The highest BCUT2D eigenvalue weighted by Crippen LogP contribution is 2.55. The molecule has 0 spiro atoms. The van der Waals surface area contributed by atoms with Crippen molar-refractivity contribution < 1.29 is 13.9 Å². The Morgan fingerprint density at radius 2 is 2.00 bits per heavy atom. The molecule has 1 aromatic carbocycles. The predicted molar refractivity (Wildman–Crippen MR) is 97.9 cm³/mol. The molecule has 4 nitrogen and oxygen atoms in total. The summed E-state index contributed by atoms with van der Waals surface area (Å²) in [5.74, 6) is 0.881. The zero-order valence-corrected chi connectivity index (χ0v) is 15.1. The third-order valence-electron chi connectivity index (χ3n) is 6.16. The van der Waals surface area contributed by atoms with E-state index in [-0.39, 0.29) is 23.8 Å². The molecule has 26 heavy (non-hydrogen) atoms. The van der Waals surface area contributed by atoms with Gasteiger partial charge in [0.15, 0.2) is 0 Å². The molecule has 0 unspecified atom stereocenters. The van der Waals surface area contributed by atoms with Crippen LogP contribution in [0.3, 0.4) is 0 Å². The number of halogens is 1. The maximum atomic E-state index is 14.4. The number of fused-ring (bicyclic) bond motifs is 1. The minimum absolute atomic E-state index is 0.0441. The van der Waals surface area contributed by atoms with Crippen LogP contribution in [0.4, 0.5) is 10.1 Å². The monoisotopic (exact) mass is 354 g/mol. The van der Waals surface area contributed by atoms with E-state index >= 15 is 0 Å². The Morgan fingerprint density at radius 3 is 2.58 bits per heavy atom. The highest BCUT2D eigenvalue weighted by atomic mass is 19.1. The van der Waals surface area contributed by atoms with Crippen molar-refractivity contribution in [1.29, 1.82) is 0 Å². The smallest absolute Gasteiger partial charge is 0.342 e. The number of hydrogen-bond acceptors (Lipinski definition) is 4. The third kappa shape index (κ3) is 2.48. The number of pyridine rings is 1. The normalized spacial score (nSPS) is 26.4. The van der Waals surface area contributed by atoms with Gasteiger partial charge in [0, 0.05) is 23.7 Å². The van der Waals surface area contributed by atoms with Crippen LogP contribution < -0.4 is 5.32 Å². The Bertz CT molecular complexity index is 893. The van der Waals surface area contributed by atoms with Crippen LogP contribution in [-0.4, -0.2) is 23.1 Å². The van der Waals surface area contributed by atoms with Crippen LogP contribution in [0.15, 0.2) is 18.3 Å². The van der Waals surface area contributed by atoms with Crippen molar-refractivity contribution in [3.05, 3.63) is 35.3 Å². The van der Waals surface area contributed by atoms with Crippen molar-refractivity contribution in [2.75, 3.05) is 5.32 Å². The molecule has 4 aliphatic carbocycles. The van der Waals surface area contributed by atoms with E-state index in [2.05, 4.69) is 10.3 Å². The van der Waals surface area contributed by atoms with Crippen LogP contribution in [0, 0.1) is 17.7 Å². The predicted octanol–water partition coefficient (Wildman–Crippen LogP) is 4.64. The van der Waals surface area contributed by atoms with E-state index < -0.39 is 0 Å². The lowest BCUT2D eigenvalue weighted by molar-refractivity contribution is -0.00391. The summed E-state index contributed by atoms with van der Waals surface area (Å²) in [6, 6.07) is 3.75. The second kappa shape index (κ2) is 5.66. The lowest BCUT2D eigenvalue weighted by atomic mass is 9.52. The highest BCUT2D eigenvalue weighted by Gasteiger charge is 2.52. The Labute approximate surface area is 152 Å². The first-order chi connectivity index (χ1) is 12.5. The summed E-state index contributed by atoms with van der Waals surface area (Å²) >= 11 is 0. The average molecular weight is 354 g/mol. The zero-order chi connectivity index (χ0) is 18.0. The van der Waals surface area contributed by atoms with E-state index in [1.807, 2.05) is 19.9 Å². The van der Waals surface area contributed by atoms with Crippen molar-refractivity contribution in [2.24, 2.45) is 11.8 Å². The van der Waals surface area contributed by atoms with Gasteiger partial charge in [-0.25, -0.2) is 9.18 Å². The summed E-state index contributed by atoms with van der Waals surface area (Å²) in [4.78, 5) is 17.0. The van der Waals surface area contributed by atoms with Gasteiger partial charge >= 0.3 is 5.97 Å². The van der Waals surface area contributed by atoms with E-state index in [9.17, 15) is 9.18 Å². The second-order valence-corrected chi connectivity index (χ2v) is 8.36. The maximum absolute atomic E-state index is 14.4. The van der Waals surface area contributed by atoms with Crippen LogP contribution in [0.5, 0.6) is 0 Å². The maximum Gasteiger partial charge on any atom is 0.342 e. The lowest BCUT2D eigenvalue weighted by Gasteiger charge is -2.58. The van der Waals surface area contributed by atoms with Gasteiger partial charge in [0.25, 0.3) is 0 Å². The largest absolute Gasteiger partial charge is 0.459 e. The fraction of sp³-hybridized carbons (Fsp3) is 0.524. The van der Waals surface area contributed by atoms with E-state index in [1.54, 1.807) is 0 Å². The van der Waals surface area contributed by atoms with E-state index in [1.165, 1.54) is 25.1 Å². The van der Waals surface area contributed by atoms with Gasteiger partial charge in [-0.15, -0.1) is 0 Å². The Morgan fingerprint density at radius 1 is 1.27 bits per heavy atom. The first kappa shape index (κ1) is 16.0. The quantitative estimate of drug-likeness (QED) is 0.795. The van der Waals surface area contributed by atoms with Crippen molar-refractivity contribution >= 4 is 22.6 Å². The molecular formula is C21H23FN2O2. The molecule has 4 saturated carbocycles. The molecule has 136 valence electrons. The summed E-state index contributed by atoms with van der Waals surface area (Å²) in [5.41, 5.74) is 2.46. The number of nitrogens with zero attached hydrogens (tertiary/aromatic N) is 1. The number of carbonyl (C=O) groups excluding carboxylic acids is 1. The van der Waals surface area contributed by atoms with Gasteiger partial charge in [0.2, 0.25) is 0 Å². The van der Waals surface area contributed by atoms with Gasteiger partial charge in [-0.3, -0.25) is 4.98 Å². The number of nitrogens with one attached hydrogen (secondary N) is 1. The minimum atomic E-state index is -0.326. The molecule has 1 N–H and O–H groups in total. The van der Waals surface area contributed by atoms with E-state index in [0.29, 0.717) is 34.5 Å². The molecule has 5 heteroatoms. The average Bonchev–Trinajstić information content (AvgIpc) is 3.32. The van der Waals surface area contributed by atoms with Crippen LogP contribution in [-0.2, 0) is 4.74 Å². The van der Waals surface area contributed by atoms with Crippen molar-refractivity contribution in [3.63, 3.8) is 0 Å². The van der Waals surface area contributed by atoms with Crippen LogP contribution in [0.25, 0.3) is 10.9 Å². The molecule has 0 saturated heterocycles. The first-order valence-electron chi connectivity index (χ1n) is 9.61. The fourth-order valence-corrected chi connectivity index (χ4v) is 4.07. The van der Waals surface area contributed by atoms with Gasteiger partial charge in [-0.2, -0.15) is 0 Å². The molecule has 0 atom stereocenters. The van der Waals surface area contributed by atoms with E-state index in [4.69, 9.17) is 4.74 Å². The number of esters is 1. The number of carbonyl (C=O) groups is 1. The summed E-state index contributed by atoms with van der Waals surface area (Å²) in [7, 11) is 0. The number of ether oxygens (including phenoxy) is 1. The molecule has 4 aliphatic rings. The topological polar surface area (TPSA) is 51.2 Å². The van der Waals surface area contributed by atoms with Gasteiger partial charge in [-0.1, -0.05) is 13.8 Å². The molecule has 0 aliphatic heterocycles. The van der Waals surface area contributed by atoms with E-state index in [0.717, 1.165) is 23.9 Å². The fourth-order valence-electron chi connectivity index (χ4n) is 4.07. The standard InChI is InChI=1S/C21H23FN2O2/c1-10(2)14-7-15-18(8-17(14)22)23-9-16(21(25)26-13-3-4-13)20(15)24-19-11-5-12(19)6-11/h7-13,19H,3-6H2,1-2H3,(H,23,24). The molecule has 4 fully saturated rings. The lowest BCUT2D eigenvalue weighted by Crippen LogP contribution is -2.59. The molecule has 6 rings (SSSR count). The summed E-state index contributed by atoms with van der Waals surface area (Å²) in [6.07, 6.45) is 6.00. The second-order valence-electron chi connectivity index (χ2n) is 8.36. The van der Waals surface area contributed by atoms with Gasteiger partial charge in [0.1, 0.15) is 17.5 Å². The van der Waals surface area contributed by atoms with Gasteiger partial charge < -0.3 is 10.1 Å². The molecule has 0 amide bonds. The number of rotatable bonds is 5. The first-order valence-corrected chi connectivity index (χ1v) is 9.61. The molecular weight excluding hydrogens is 331 g/mol. The number of anilines is 1. The molecule has 2 aromatic rings. The van der Waals surface area contributed by atoms with Crippen molar-refractivity contribution in [3.8, 4) is 0 Å². The minimum Gasteiger partial charge on any atom is -0.459 e. The third-order valence-corrected chi connectivity index (χ3v) is 6.16. The SMILES string of the molecule is CC(C)c1cc2c(NC3C4CC3C4)c(C(=O)OC3CC3)cnc2cc1F. The van der Waals surface area contributed by atoms with Gasteiger partial charge in [-0.05, 0) is 55.1 Å². The Balaban J connectivity index is 1.61. The molecule has 1 heterocycles. The number of aromatic nitrogens is 1. The van der Waals surface area contributed by atoms with Crippen LogP contribution in [0.2, 0.25) is 0 Å². The molecule has 0 radical (unpaired) electrons. The van der Waals surface area contributed by atoms with Crippen LogP contribution in [0.1, 0.15) is 61.4 Å². The zero-order valence-electron chi connectivity index (χ0n) is 15.1. The summed E-state index contributed by atoms with van der Waals surface area (Å²) in [6.45, 7) is 3.94. The van der Waals surface area contributed by atoms with Crippen molar-refractivity contribution in [2.45, 2.75) is 57.6 Å². The van der Waals surface area contributed by atoms with Crippen LogP contribution >= 0.6 is 0 Å². The number of hydrogen-bond donors (Lipinski definition) is 1. The summed E-state index contributed by atoms with van der Waals surface area (Å²) in [5, 5.41) is 4.40. The highest BCUT2D eigenvalue weighted by molar-refractivity contribution is 6.05. The Hall–Kier alpha value is -2.17. The molecule has 2 bridgehead atoms. The number of benzene rings is 1. The summed E-state index contributed by atoms with van der Waals surface area (Å²) < 4.78 is 19.9. The Kier molecular flexibility index (Phi) is 3.49. The van der Waals surface area contributed by atoms with Gasteiger partial charge in [0.05, 0.1) is 11.2 Å².